The molecule has 2 rings (SSSR count). The highest BCUT2D eigenvalue weighted by molar-refractivity contribution is 5.91. The molecule has 0 unspecified atom stereocenters. The van der Waals surface area contributed by atoms with Gasteiger partial charge in [-0.05, 0) is 30.9 Å². The molecule has 1 amide bonds. The first kappa shape index (κ1) is 14.8. The summed E-state index contributed by atoms with van der Waals surface area (Å²) in [5.41, 5.74) is 0.451. The smallest absolute Gasteiger partial charge is 0.246 e. The van der Waals surface area contributed by atoms with Gasteiger partial charge < -0.3 is 4.90 Å². The summed E-state index contributed by atoms with van der Waals surface area (Å²) >= 11 is 0. The second kappa shape index (κ2) is 7.22. The van der Waals surface area contributed by atoms with Gasteiger partial charge in [-0.2, -0.15) is 0 Å². The van der Waals surface area contributed by atoms with Gasteiger partial charge in [-0.15, -0.1) is 0 Å². The predicted octanol–water partition coefficient (Wildman–Crippen LogP) is 3.88. The van der Waals surface area contributed by atoms with Crippen molar-refractivity contribution in [2.45, 2.75) is 32.1 Å². The number of nitrogens with zero attached hydrogens (tertiary/aromatic N) is 1. The van der Waals surface area contributed by atoms with Gasteiger partial charge in [0.1, 0.15) is 5.82 Å². The molecule has 1 saturated carbocycles. The summed E-state index contributed by atoms with van der Waals surface area (Å²) in [6.07, 6.45) is 9.32. The van der Waals surface area contributed by atoms with Crippen LogP contribution in [0.1, 0.15) is 37.7 Å². The summed E-state index contributed by atoms with van der Waals surface area (Å²) in [7, 11) is 1.82. The Hall–Kier alpha value is -1.64. The van der Waals surface area contributed by atoms with Gasteiger partial charge in [0, 0.05) is 25.2 Å². The molecular formula is C17H22FNO. The minimum absolute atomic E-state index is 0.0566. The van der Waals surface area contributed by atoms with Crippen LogP contribution in [0.5, 0.6) is 0 Å². The summed E-state index contributed by atoms with van der Waals surface area (Å²) in [5, 5.41) is 0. The summed E-state index contributed by atoms with van der Waals surface area (Å²) < 4.78 is 13.4. The molecule has 0 aromatic heterocycles. The fourth-order valence-electron chi connectivity index (χ4n) is 2.75. The lowest BCUT2D eigenvalue weighted by Gasteiger charge is -2.26. The van der Waals surface area contributed by atoms with Crippen molar-refractivity contribution in [1.82, 2.24) is 4.90 Å². The van der Waals surface area contributed by atoms with Crippen LogP contribution < -0.4 is 0 Å². The van der Waals surface area contributed by atoms with Crippen LogP contribution in [0, 0.1) is 11.7 Å². The van der Waals surface area contributed by atoms with Crippen molar-refractivity contribution in [2.24, 2.45) is 5.92 Å². The van der Waals surface area contributed by atoms with E-state index < -0.39 is 0 Å². The molecular weight excluding hydrogens is 253 g/mol. The lowest BCUT2D eigenvalue weighted by atomic mass is 9.89. The van der Waals surface area contributed by atoms with Gasteiger partial charge >= 0.3 is 0 Å². The summed E-state index contributed by atoms with van der Waals surface area (Å²) in [5.74, 6) is 0.268. The molecule has 0 N–H and O–H groups in total. The fraction of sp³-hybridized carbons (Fsp3) is 0.471. The Bertz CT molecular complexity index is 478. The lowest BCUT2D eigenvalue weighted by Crippen LogP contribution is -2.31. The molecule has 1 aliphatic carbocycles. The number of rotatable bonds is 4. The minimum atomic E-state index is -0.300. The third-order valence-electron chi connectivity index (χ3n) is 3.94. The third-order valence-corrected chi connectivity index (χ3v) is 3.94. The van der Waals surface area contributed by atoms with Crippen molar-refractivity contribution in [3.05, 3.63) is 41.7 Å². The van der Waals surface area contributed by atoms with Crippen LogP contribution in [0.15, 0.2) is 30.3 Å². The molecule has 1 fully saturated rings. The van der Waals surface area contributed by atoms with E-state index in [0.717, 1.165) is 6.54 Å². The number of hydrogen-bond acceptors (Lipinski definition) is 1. The molecule has 0 heterocycles. The normalized spacial score (nSPS) is 16.5. The highest BCUT2D eigenvalue weighted by Crippen LogP contribution is 2.24. The van der Waals surface area contributed by atoms with Gasteiger partial charge in [-0.3, -0.25) is 4.79 Å². The number of halogens is 1. The standard InChI is InChI=1S/C17H22FNO/c1-19(13-14-7-3-2-4-8-14)17(20)12-11-15-9-5-6-10-16(15)18/h5-6,9-12,14H,2-4,7-8,13H2,1H3/b12-11+. The first-order valence-electron chi connectivity index (χ1n) is 7.34. The predicted molar refractivity (Wildman–Crippen MR) is 79.6 cm³/mol. The van der Waals surface area contributed by atoms with Crippen LogP contribution in [-0.4, -0.2) is 24.4 Å². The van der Waals surface area contributed by atoms with Gasteiger partial charge in [-0.1, -0.05) is 37.5 Å². The Labute approximate surface area is 120 Å². The fourth-order valence-corrected chi connectivity index (χ4v) is 2.75. The highest BCUT2D eigenvalue weighted by Gasteiger charge is 2.17. The van der Waals surface area contributed by atoms with Gasteiger partial charge in [-0.25, -0.2) is 4.39 Å². The van der Waals surface area contributed by atoms with Crippen molar-refractivity contribution in [3.63, 3.8) is 0 Å². The Kier molecular flexibility index (Phi) is 5.33. The van der Waals surface area contributed by atoms with Crippen molar-refractivity contribution < 1.29 is 9.18 Å². The van der Waals surface area contributed by atoms with E-state index in [4.69, 9.17) is 0 Å². The molecule has 108 valence electrons. The van der Waals surface area contributed by atoms with E-state index in [1.807, 2.05) is 7.05 Å². The molecule has 1 aliphatic rings. The van der Waals surface area contributed by atoms with E-state index in [9.17, 15) is 9.18 Å². The average molecular weight is 275 g/mol. The van der Waals surface area contributed by atoms with Crippen molar-refractivity contribution in [2.75, 3.05) is 13.6 Å². The van der Waals surface area contributed by atoms with E-state index >= 15 is 0 Å². The Morgan fingerprint density at radius 2 is 2.00 bits per heavy atom. The number of amides is 1. The van der Waals surface area contributed by atoms with Crippen LogP contribution in [0.4, 0.5) is 4.39 Å². The van der Waals surface area contributed by atoms with Gasteiger partial charge in [0.15, 0.2) is 0 Å². The molecule has 0 aliphatic heterocycles. The molecule has 20 heavy (non-hydrogen) atoms. The Morgan fingerprint density at radius 3 is 2.70 bits per heavy atom. The number of hydrogen-bond donors (Lipinski definition) is 0. The topological polar surface area (TPSA) is 20.3 Å². The molecule has 1 aromatic rings. The quantitative estimate of drug-likeness (QED) is 0.764. The molecule has 3 heteroatoms. The summed E-state index contributed by atoms with van der Waals surface area (Å²) in [6, 6.07) is 6.47. The maximum absolute atomic E-state index is 13.4. The molecule has 0 saturated heterocycles. The van der Waals surface area contributed by atoms with Gasteiger partial charge in [0.25, 0.3) is 0 Å². The zero-order valence-corrected chi connectivity index (χ0v) is 12.0. The minimum Gasteiger partial charge on any atom is -0.342 e. The number of carbonyl (C=O) groups is 1. The van der Waals surface area contributed by atoms with Crippen LogP contribution in [0.25, 0.3) is 6.08 Å². The SMILES string of the molecule is CN(CC1CCCCC1)C(=O)/C=C/c1ccccc1F. The Balaban J connectivity index is 1.88. The molecule has 2 nitrogen and oxygen atoms in total. The maximum atomic E-state index is 13.4. The van der Waals surface area contributed by atoms with E-state index in [1.54, 1.807) is 29.2 Å². The third kappa shape index (κ3) is 4.19. The monoisotopic (exact) mass is 275 g/mol. The molecule has 0 radical (unpaired) electrons. The van der Waals surface area contributed by atoms with Crippen LogP contribution in [-0.2, 0) is 4.79 Å². The molecule has 1 aromatic carbocycles. The second-order valence-corrected chi connectivity index (χ2v) is 5.58. The van der Waals surface area contributed by atoms with Crippen molar-refractivity contribution >= 4 is 12.0 Å². The number of benzene rings is 1. The second-order valence-electron chi connectivity index (χ2n) is 5.58. The zero-order valence-electron chi connectivity index (χ0n) is 12.0. The van der Waals surface area contributed by atoms with Crippen molar-refractivity contribution in [3.8, 4) is 0 Å². The number of likely N-dealkylation sites (N-methyl/N-ethyl adjacent to an activating group) is 1. The van der Waals surface area contributed by atoms with Crippen LogP contribution in [0.2, 0.25) is 0 Å². The largest absolute Gasteiger partial charge is 0.342 e. The number of carbonyl (C=O) groups excluding carboxylic acids is 1. The molecule has 0 spiro atoms. The van der Waals surface area contributed by atoms with Crippen LogP contribution >= 0.6 is 0 Å². The first-order chi connectivity index (χ1) is 9.66. The molecule has 0 atom stereocenters. The maximum Gasteiger partial charge on any atom is 0.246 e. The van der Waals surface area contributed by atoms with Crippen molar-refractivity contribution in [1.29, 1.82) is 0 Å². The zero-order chi connectivity index (χ0) is 14.4. The highest BCUT2D eigenvalue weighted by atomic mass is 19.1. The van der Waals surface area contributed by atoms with Gasteiger partial charge in [0.2, 0.25) is 5.91 Å². The molecule has 0 bridgehead atoms. The van der Waals surface area contributed by atoms with E-state index in [-0.39, 0.29) is 11.7 Å². The van der Waals surface area contributed by atoms with E-state index in [2.05, 4.69) is 0 Å². The summed E-state index contributed by atoms with van der Waals surface area (Å²) in [4.78, 5) is 13.8. The Morgan fingerprint density at radius 1 is 1.30 bits per heavy atom. The first-order valence-corrected chi connectivity index (χ1v) is 7.34. The van der Waals surface area contributed by atoms with Gasteiger partial charge in [0.05, 0.1) is 0 Å². The van der Waals surface area contributed by atoms with Crippen LogP contribution in [0.3, 0.4) is 0 Å². The lowest BCUT2D eigenvalue weighted by molar-refractivity contribution is -0.125. The summed E-state index contributed by atoms with van der Waals surface area (Å²) in [6.45, 7) is 0.806. The van der Waals surface area contributed by atoms with E-state index in [0.29, 0.717) is 11.5 Å². The van der Waals surface area contributed by atoms with E-state index in [1.165, 1.54) is 44.2 Å². The average Bonchev–Trinajstić information content (AvgIpc) is 2.47.